The van der Waals surface area contributed by atoms with E-state index in [9.17, 15) is 35.2 Å². The summed E-state index contributed by atoms with van der Waals surface area (Å²) >= 11 is 0. The highest BCUT2D eigenvalue weighted by atomic mass is 32.2. The van der Waals surface area contributed by atoms with E-state index >= 15 is 0 Å². The lowest BCUT2D eigenvalue weighted by atomic mass is 10.1. The molecule has 0 aliphatic rings. The number of methoxy groups -OCH3 is 3. The molecule has 0 radical (unpaired) electrons. The van der Waals surface area contributed by atoms with Gasteiger partial charge in [-0.05, 0) is 66.7 Å². The molecule has 0 aliphatic carbocycles. The van der Waals surface area contributed by atoms with Crippen molar-refractivity contribution in [2.45, 2.75) is 13.1 Å². The Hall–Kier alpha value is -5.06. The van der Waals surface area contributed by atoms with Crippen LogP contribution >= 0.6 is 0 Å². The van der Waals surface area contributed by atoms with Crippen molar-refractivity contribution in [3.05, 3.63) is 119 Å². The van der Waals surface area contributed by atoms with Crippen molar-refractivity contribution in [2.75, 3.05) is 49.0 Å². The molecule has 4 rings (SSSR count). The highest BCUT2D eigenvalue weighted by Gasteiger charge is 2.22. The monoisotopic (exact) mass is 733 g/mol. The number of nitrogens with zero attached hydrogens (tertiary/aromatic N) is 2. The number of benzene rings is 4. The molecule has 4 aromatic carbocycles. The van der Waals surface area contributed by atoms with Gasteiger partial charge in [0.25, 0.3) is 0 Å². The number of sulfonamides is 2. The van der Waals surface area contributed by atoms with E-state index in [-0.39, 0.29) is 47.7 Å². The Balaban J connectivity index is 0.000000270. The number of ketones is 1. The predicted octanol–water partition coefficient (Wildman–Crippen LogP) is 4.53. The summed E-state index contributed by atoms with van der Waals surface area (Å²) < 4.78 is 93.8. The van der Waals surface area contributed by atoms with Gasteiger partial charge in [-0.1, -0.05) is 18.2 Å². The first-order valence-corrected chi connectivity index (χ1v) is 18.3. The van der Waals surface area contributed by atoms with Crippen molar-refractivity contribution in [2.24, 2.45) is 5.73 Å². The number of carbonyl (C=O) groups excluding carboxylic acids is 2. The van der Waals surface area contributed by atoms with Gasteiger partial charge in [0.15, 0.2) is 5.78 Å². The molecule has 2 N–H and O–H groups in total. The van der Waals surface area contributed by atoms with Crippen LogP contribution in [0.3, 0.4) is 0 Å². The molecule has 4 aromatic rings. The minimum absolute atomic E-state index is 0.0547. The quantitative estimate of drug-likeness (QED) is 0.153. The van der Waals surface area contributed by atoms with Crippen LogP contribution in [0.25, 0.3) is 0 Å². The zero-order chi connectivity index (χ0) is 37.2. The summed E-state index contributed by atoms with van der Waals surface area (Å²) in [6.45, 7) is -0.632. The van der Waals surface area contributed by atoms with Crippen LogP contribution in [0.2, 0.25) is 0 Å². The molecule has 12 nitrogen and oxygen atoms in total. The average molecular weight is 734 g/mol. The minimum Gasteiger partial charge on any atom is -0.497 e. The number of hydrogen-bond donors (Lipinski definition) is 1. The van der Waals surface area contributed by atoms with Crippen LogP contribution in [-0.2, 0) is 37.9 Å². The first kappa shape index (κ1) is 39.4. The van der Waals surface area contributed by atoms with E-state index in [4.69, 9.17) is 15.2 Å². The van der Waals surface area contributed by atoms with Crippen molar-refractivity contribution < 1.29 is 49.4 Å². The molecule has 0 amide bonds. The standard InChI is InChI=1S/C17H19FN2O4S.C17H18FNO5S/c1-24-15-7-5-14(6-8-15)20(25(2,22)23)11-13-4-3-12(9-16(13)18)17(21)10-19;1-23-15-8-6-14(7-9-15)19(25(3,21)22)11-13-5-4-12(10-16(13)18)17(20)24-2/h3-9H,10-11,19H2,1-2H3;4-10H,11H2,1-3H3. The van der Waals surface area contributed by atoms with Gasteiger partial charge < -0.3 is 19.9 Å². The molecule has 0 bridgehead atoms. The summed E-state index contributed by atoms with van der Waals surface area (Å²) in [5, 5.41) is 0. The molecule has 0 spiro atoms. The molecule has 0 heterocycles. The number of nitrogens with two attached hydrogens (primary N) is 1. The zero-order valence-corrected chi connectivity index (χ0v) is 29.6. The lowest BCUT2D eigenvalue weighted by Crippen LogP contribution is -2.29. The third-order valence-electron chi connectivity index (χ3n) is 7.18. The van der Waals surface area contributed by atoms with E-state index in [1.807, 2.05) is 0 Å². The smallest absolute Gasteiger partial charge is 0.337 e. The van der Waals surface area contributed by atoms with Crippen LogP contribution in [-0.4, -0.2) is 69.0 Å². The summed E-state index contributed by atoms with van der Waals surface area (Å²) in [6, 6.07) is 20.4. The Morgan fingerprint density at radius 2 is 1.02 bits per heavy atom. The van der Waals surface area contributed by atoms with E-state index in [0.717, 1.165) is 33.3 Å². The van der Waals surface area contributed by atoms with Crippen LogP contribution in [0.4, 0.5) is 20.2 Å². The highest BCUT2D eigenvalue weighted by Crippen LogP contribution is 2.26. The minimum atomic E-state index is -3.65. The highest BCUT2D eigenvalue weighted by molar-refractivity contribution is 7.92. The second kappa shape index (κ2) is 17.0. The van der Waals surface area contributed by atoms with Gasteiger partial charge >= 0.3 is 5.97 Å². The molecule has 50 heavy (non-hydrogen) atoms. The fraction of sp³-hybridized carbons (Fsp3) is 0.235. The number of halogens is 2. The lowest BCUT2D eigenvalue weighted by Gasteiger charge is -2.23. The third-order valence-corrected chi connectivity index (χ3v) is 9.47. The van der Waals surface area contributed by atoms with Gasteiger partial charge in [0.2, 0.25) is 20.0 Å². The van der Waals surface area contributed by atoms with Crippen LogP contribution in [0.15, 0.2) is 84.9 Å². The third kappa shape index (κ3) is 10.5. The van der Waals surface area contributed by atoms with Crippen molar-refractivity contribution in [3.63, 3.8) is 0 Å². The fourth-order valence-corrected chi connectivity index (χ4v) is 6.25. The van der Waals surface area contributed by atoms with E-state index in [2.05, 4.69) is 4.74 Å². The Bertz CT molecular complexity index is 1880. The normalized spacial score (nSPS) is 11.1. The number of anilines is 2. The first-order valence-electron chi connectivity index (χ1n) is 14.6. The molecular formula is C34H37F2N3O9S2. The maximum Gasteiger partial charge on any atom is 0.337 e. The summed E-state index contributed by atoms with van der Waals surface area (Å²) in [5.74, 6) is -1.26. The van der Waals surface area contributed by atoms with Crippen LogP contribution in [0.1, 0.15) is 31.8 Å². The van der Waals surface area contributed by atoms with Gasteiger partial charge in [0.05, 0.1) is 70.4 Å². The SMILES string of the molecule is COC(=O)c1ccc(CN(c2ccc(OC)cc2)S(C)(=O)=O)c(F)c1.COc1ccc(N(Cc2ccc(C(=O)CN)cc2F)S(C)(=O)=O)cc1. The predicted molar refractivity (Wildman–Crippen MR) is 186 cm³/mol. The Morgan fingerprint density at radius 3 is 1.34 bits per heavy atom. The molecular weight excluding hydrogens is 697 g/mol. The summed E-state index contributed by atoms with van der Waals surface area (Å²) in [5.41, 5.74) is 6.50. The largest absolute Gasteiger partial charge is 0.497 e. The van der Waals surface area contributed by atoms with E-state index < -0.39 is 37.7 Å². The van der Waals surface area contributed by atoms with E-state index in [0.29, 0.717) is 22.9 Å². The molecule has 0 saturated carbocycles. The second-order valence-corrected chi connectivity index (χ2v) is 14.5. The topological polar surface area (TPSA) is 163 Å². The zero-order valence-electron chi connectivity index (χ0n) is 27.9. The van der Waals surface area contributed by atoms with Gasteiger partial charge in [-0.2, -0.15) is 0 Å². The first-order chi connectivity index (χ1) is 23.5. The van der Waals surface area contributed by atoms with Gasteiger partial charge in [-0.3, -0.25) is 13.4 Å². The summed E-state index contributed by atoms with van der Waals surface area (Å²) in [7, 11) is -3.09. The Morgan fingerprint density at radius 1 is 0.640 bits per heavy atom. The summed E-state index contributed by atoms with van der Waals surface area (Å²) in [4.78, 5) is 23.0. The van der Waals surface area contributed by atoms with Crippen molar-refractivity contribution in [3.8, 4) is 11.5 Å². The molecule has 268 valence electrons. The second-order valence-electron chi connectivity index (χ2n) is 10.7. The number of ether oxygens (including phenoxy) is 3. The maximum atomic E-state index is 14.3. The Kier molecular flexibility index (Phi) is 13.4. The summed E-state index contributed by atoms with van der Waals surface area (Å²) in [6.07, 6.45) is 2.08. The van der Waals surface area contributed by atoms with Crippen molar-refractivity contribution >= 4 is 43.2 Å². The number of Topliss-reactive ketones (excluding diaryl/α,β-unsaturated/α-hetero) is 1. The molecule has 0 unspecified atom stereocenters. The van der Waals surface area contributed by atoms with Crippen molar-refractivity contribution in [1.82, 2.24) is 0 Å². The van der Waals surface area contributed by atoms with Gasteiger partial charge in [0, 0.05) is 16.7 Å². The van der Waals surface area contributed by atoms with Crippen LogP contribution < -0.4 is 23.8 Å². The van der Waals surface area contributed by atoms with Crippen LogP contribution in [0, 0.1) is 11.6 Å². The average Bonchev–Trinajstić information content (AvgIpc) is 3.09. The van der Waals surface area contributed by atoms with Gasteiger partial charge in [-0.25, -0.2) is 30.4 Å². The number of esters is 1. The molecule has 0 aromatic heterocycles. The molecule has 0 saturated heterocycles. The molecule has 16 heteroatoms. The molecule has 0 aliphatic heterocycles. The van der Waals surface area contributed by atoms with E-state index in [1.165, 1.54) is 45.6 Å². The molecule has 0 atom stereocenters. The number of carbonyl (C=O) groups is 2. The number of hydrogen-bond acceptors (Lipinski definition) is 10. The van der Waals surface area contributed by atoms with Crippen LogP contribution in [0.5, 0.6) is 11.5 Å². The van der Waals surface area contributed by atoms with Crippen molar-refractivity contribution in [1.29, 1.82) is 0 Å². The maximum absolute atomic E-state index is 14.3. The Labute approximate surface area is 290 Å². The molecule has 0 fully saturated rings. The van der Waals surface area contributed by atoms with Gasteiger partial charge in [0.1, 0.15) is 23.1 Å². The van der Waals surface area contributed by atoms with Gasteiger partial charge in [-0.15, -0.1) is 0 Å². The van der Waals surface area contributed by atoms with E-state index in [1.54, 1.807) is 48.5 Å². The number of rotatable bonds is 13. The fourth-order valence-electron chi connectivity index (χ4n) is 4.49. The lowest BCUT2D eigenvalue weighted by molar-refractivity contribution is 0.0600.